The summed E-state index contributed by atoms with van der Waals surface area (Å²) in [5, 5.41) is 19.5. The fourth-order valence-corrected chi connectivity index (χ4v) is 2.39. The minimum atomic E-state index is -0.957. The number of fused-ring (bicyclic) bond motifs is 1. The predicted molar refractivity (Wildman–Crippen MR) is 72.0 cm³/mol. The van der Waals surface area contributed by atoms with E-state index in [1.807, 2.05) is 6.07 Å². The molecule has 1 aliphatic rings. The second-order valence-corrected chi connectivity index (χ2v) is 5.41. The summed E-state index contributed by atoms with van der Waals surface area (Å²) in [7, 11) is 1.51. The van der Waals surface area contributed by atoms with Crippen LogP contribution in [0.2, 0.25) is 0 Å². The van der Waals surface area contributed by atoms with Crippen molar-refractivity contribution >= 4 is 6.03 Å². The molecule has 0 saturated carbocycles. The number of aliphatic hydroxyl groups is 1. The molecule has 0 aliphatic carbocycles. The Hall–Kier alpha value is -2.26. The van der Waals surface area contributed by atoms with E-state index in [4.69, 9.17) is 15.7 Å². The summed E-state index contributed by atoms with van der Waals surface area (Å²) in [6.45, 7) is 3.47. The fourth-order valence-electron chi connectivity index (χ4n) is 2.39. The summed E-state index contributed by atoms with van der Waals surface area (Å²) < 4.78 is 5.75. The van der Waals surface area contributed by atoms with Gasteiger partial charge < -0.3 is 20.5 Å². The van der Waals surface area contributed by atoms with Crippen molar-refractivity contribution in [1.29, 1.82) is 5.26 Å². The van der Waals surface area contributed by atoms with E-state index in [1.165, 1.54) is 11.9 Å². The lowest BCUT2D eigenvalue weighted by atomic mass is 9.85. The Bertz CT molecular complexity index is 592. The first-order valence-electron chi connectivity index (χ1n) is 6.21. The number of carbonyl (C=O) groups is 1. The van der Waals surface area contributed by atoms with E-state index < -0.39 is 23.8 Å². The number of urea groups is 1. The lowest BCUT2D eigenvalue weighted by Crippen LogP contribution is -2.54. The third kappa shape index (κ3) is 2.17. The van der Waals surface area contributed by atoms with Gasteiger partial charge in [-0.3, -0.25) is 0 Å². The van der Waals surface area contributed by atoms with E-state index in [-0.39, 0.29) is 0 Å². The molecular formula is C14H17N3O3. The van der Waals surface area contributed by atoms with Gasteiger partial charge in [-0.15, -0.1) is 0 Å². The minimum Gasteiger partial charge on any atom is -0.485 e. The number of primary amides is 1. The molecule has 1 aliphatic heterocycles. The molecule has 0 radical (unpaired) electrons. The molecule has 1 aromatic rings. The highest BCUT2D eigenvalue weighted by Crippen LogP contribution is 2.42. The largest absolute Gasteiger partial charge is 0.485 e. The van der Waals surface area contributed by atoms with Gasteiger partial charge in [-0.1, -0.05) is 0 Å². The molecule has 106 valence electrons. The molecular weight excluding hydrogens is 258 g/mol. The van der Waals surface area contributed by atoms with E-state index in [0.717, 1.165) is 0 Å². The molecule has 6 heteroatoms. The predicted octanol–water partition coefficient (Wildman–Crippen LogP) is 1.14. The van der Waals surface area contributed by atoms with E-state index in [0.29, 0.717) is 16.9 Å². The van der Waals surface area contributed by atoms with Crippen LogP contribution in [0.3, 0.4) is 0 Å². The van der Waals surface area contributed by atoms with Crippen molar-refractivity contribution in [3.8, 4) is 11.8 Å². The molecule has 20 heavy (non-hydrogen) atoms. The Labute approximate surface area is 117 Å². The molecule has 0 aromatic heterocycles. The summed E-state index contributed by atoms with van der Waals surface area (Å²) in [6.07, 6.45) is -0.957. The van der Waals surface area contributed by atoms with Gasteiger partial charge in [0.05, 0.1) is 17.7 Å². The quantitative estimate of drug-likeness (QED) is 0.802. The lowest BCUT2D eigenvalue weighted by Gasteiger charge is -2.44. The second kappa shape index (κ2) is 4.69. The SMILES string of the molecule is CN(C(N)=O)[C@H]1c2cc(C#N)ccc2OC(C)(C)[C@@H]1O. The highest BCUT2D eigenvalue weighted by molar-refractivity contribution is 5.72. The summed E-state index contributed by atoms with van der Waals surface area (Å²) in [5.41, 5.74) is 5.46. The molecule has 6 nitrogen and oxygen atoms in total. The van der Waals surface area contributed by atoms with E-state index in [1.54, 1.807) is 32.0 Å². The van der Waals surface area contributed by atoms with Crippen molar-refractivity contribution < 1.29 is 14.6 Å². The Morgan fingerprint density at radius 3 is 2.75 bits per heavy atom. The highest BCUT2D eigenvalue weighted by atomic mass is 16.5. The van der Waals surface area contributed by atoms with Crippen LogP contribution in [0.15, 0.2) is 18.2 Å². The Kier molecular flexibility index (Phi) is 3.32. The molecule has 3 N–H and O–H groups in total. The van der Waals surface area contributed by atoms with Crippen LogP contribution < -0.4 is 10.5 Å². The zero-order valence-electron chi connectivity index (χ0n) is 11.6. The topological polar surface area (TPSA) is 99.6 Å². The van der Waals surface area contributed by atoms with Gasteiger partial charge in [-0.2, -0.15) is 5.26 Å². The number of hydrogen-bond acceptors (Lipinski definition) is 4. The van der Waals surface area contributed by atoms with Gasteiger partial charge in [0.2, 0.25) is 0 Å². The van der Waals surface area contributed by atoms with Crippen LogP contribution in [0, 0.1) is 11.3 Å². The molecule has 1 heterocycles. The average molecular weight is 275 g/mol. The van der Waals surface area contributed by atoms with E-state index in [2.05, 4.69) is 0 Å². The van der Waals surface area contributed by atoms with Crippen molar-refractivity contribution in [2.24, 2.45) is 5.73 Å². The molecule has 0 spiro atoms. The van der Waals surface area contributed by atoms with Gasteiger partial charge in [0.1, 0.15) is 17.5 Å². The first-order valence-corrected chi connectivity index (χ1v) is 6.21. The number of amides is 2. The van der Waals surface area contributed by atoms with E-state index in [9.17, 15) is 9.90 Å². The molecule has 1 aromatic carbocycles. The zero-order valence-corrected chi connectivity index (χ0v) is 11.6. The molecule has 0 unspecified atom stereocenters. The minimum absolute atomic E-state index is 0.433. The first-order chi connectivity index (χ1) is 9.27. The van der Waals surface area contributed by atoms with Crippen molar-refractivity contribution in [2.75, 3.05) is 7.05 Å². The van der Waals surface area contributed by atoms with Crippen molar-refractivity contribution in [3.05, 3.63) is 29.3 Å². The first kappa shape index (κ1) is 14.2. The normalized spacial score (nSPS) is 23.1. The molecule has 2 rings (SSSR count). The van der Waals surface area contributed by atoms with Gasteiger partial charge >= 0.3 is 6.03 Å². The van der Waals surface area contributed by atoms with E-state index >= 15 is 0 Å². The number of aliphatic hydroxyl groups excluding tert-OH is 1. The van der Waals surface area contributed by atoms with Crippen molar-refractivity contribution in [2.45, 2.75) is 31.6 Å². The van der Waals surface area contributed by atoms with Crippen LogP contribution in [0.1, 0.15) is 31.0 Å². The number of nitriles is 1. The molecule has 2 atom stereocenters. The Morgan fingerprint density at radius 2 is 2.20 bits per heavy atom. The van der Waals surface area contributed by atoms with Gasteiger partial charge in [0, 0.05) is 12.6 Å². The summed E-state index contributed by atoms with van der Waals surface area (Å²) in [6, 6.07) is 5.64. The number of hydrogen-bond donors (Lipinski definition) is 2. The van der Waals surface area contributed by atoms with Gasteiger partial charge in [0.15, 0.2) is 0 Å². The number of ether oxygens (including phenoxy) is 1. The van der Waals surface area contributed by atoms with Crippen molar-refractivity contribution in [3.63, 3.8) is 0 Å². The lowest BCUT2D eigenvalue weighted by molar-refractivity contribution is -0.0809. The zero-order chi connectivity index (χ0) is 15.1. The van der Waals surface area contributed by atoms with Gasteiger partial charge in [-0.05, 0) is 32.0 Å². The number of carbonyl (C=O) groups excluding carboxylic acids is 1. The van der Waals surface area contributed by atoms with Crippen LogP contribution >= 0.6 is 0 Å². The van der Waals surface area contributed by atoms with Crippen LogP contribution in [0.4, 0.5) is 4.79 Å². The number of benzene rings is 1. The molecule has 0 fully saturated rings. The summed E-state index contributed by atoms with van der Waals surface area (Å²) >= 11 is 0. The number of nitrogens with two attached hydrogens (primary N) is 1. The Balaban J connectivity index is 2.60. The highest BCUT2D eigenvalue weighted by Gasteiger charge is 2.45. The van der Waals surface area contributed by atoms with Gasteiger partial charge in [0.25, 0.3) is 0 Å². The van der Waals surface area contributed by atoms with Crippen LogP contribution in [-0.4, -0.2) is 34.8 Å². The number of rotatable bonds is 1. The maximum atomic E-state index is 11.5. The number of nitrogens with zero attached hydrogens (tertiary/aromatic N) is 2. The van der Waals surface area contributed by atoms with Gasteiger partial charge in [-0.25, -0.2) is 4.79 Å². The third-order valence-corrected chi connectivity index (χ3v) is 3.61. The number of likely N-dealkylation sites (N-methyl/N-ethyl adjacent to an activating group) is 1. The van der Waals surface area contributed by atoms with Crippen LogP contribution in [0.5, 0.6) is 5.75 Å². The molecule has 0 bridgehead atoms. The standard InChI is InChI=1S/C14H17N3O3/c1-14(2)12(18)11(17(3)13(16)19)9-6-8(7-15)4-5-10(9)20-14/h4-6,11-12,18H,1-3H3,(H2,16,19)/t11-,12+/m0/s1. The van der Waals surface area contributed by atoms with Crippen LogP contribution in [-0.2, 0) is 0 Å². The maximum absolute atomic E-state index is 11.5. The fraction of sp³-hybridized carbons (Fsp3) is 0.429. The molecule has 0 saturated heterocycles. The summed E-state index contributed by atoms with van der Waals surface area (Å²) in [5.74, 6) is 0.539. The average Bonchev–Trinajstić information content (AvgIpc) is 2.38. The van der Waals surface area contributed by atoms with Crippen LogP contribution in [0.25, 0.3) is 0 Å². The second-order valence-electron chi connectivity index (χ2n) is 5.41. The third-order valence-electron chi connectivity index (χ3n) is 3.61. The smallest absolute Gasteiger partial charge is 0.315 e. The monoisotopic (exact) mass is 275 g/mol. The Morgan fingerprint density at radius 1 is 1.55 bits per heavy atom. The summed E-state index contributed by atoms with van der Waals surface area (Å²) in [4.78, 5) is 12.7. The van der Waals surface area contributed by atoms with Crippen molar-refractivity contribution in [1.82, 2.24) is 4.90 Å². The maximum Gasteiger partial charge on any atom is 0.315 e. The molecule has 2 amide bonds.